The van der Waals surface area contributed by atoms with Gasteiger partial charge in [0.05, 0.1) is 6.21 Å². The fraction of sp³-hybridized carbons (Fsp3) is 0.286. The molecular weight excluding hydrogens is 340 g/mol. The van der Waals surface area contributed by atoms with Crippen molar-refractivity contribution in [3.05, 3.63) is 59.2 Å². The monoisotopic (exact) mass is 366 g/mol. The number of amides is 2. The summed E-state index contributed by atoms with van der Waals surface area (Å²) in [5, 5.41) is 6.43. The molecule has 0 bridgehead atoms. The van der Waals surface area contributed by atoms with Gasteiger partial charge in [0.15, 0.2) is 0 Å². The van der Waals surface area contributed by atoms with Gasteiger partial charge in [0, 0.05) is 24.5 Å². The van der Waals surface area contributed by atoms with Crippen LogP contribution in [-0.2, 0) is 9.59 Å². The number of nitrogens with zero attached hydrogens (tertiary/aromatic N) is 2. The predicted molar refractivity (Wildman–Crippen MR) is 110 cm³/mol. The zero-order valence-electron chi connectivity index (χ0n) is 16.2. The lowest BCUT2D eigenvalue weighted by Gasteiger charge is -2.20. The van der Waals surface area contributed by atoms with Crippen LogP contribution in [0.3, 0.4) is 0 Å². The fourth-order valence-corrected chi connectivity index (χ4v) is 2.81. The van der Waals surface area contributed by atoms with E-state index in [-0.39, 0.29) is 0 Å². The number of carbonyl (C=O) groups excluding carboxylic acids is 2. The standard InChI is InChI=1S/C21H26N4O2/c1-5-25(6-2)19-9-7-17(8-10-19)14-22-24-21(27)20(26)23-18-12-15(3)11-16(4)13-18/h7-14H,5-6H2,1-4H3,(H,23,26)(H,24,27)/b22-14+. The second-order valence-electron chi connectivity index (χ2n) is 6.29. The zero-order chi connectivity index (χ0) is 19.8. The van der Waals surface area contributed by atoms with Gasteiger partial charge < -0.3 is 10.2 Å². The topological polar surface area (TPSA) is 73.8 Å². The van der Waals surface area contributed by atoms with Crippen molar-refractivity contribution in [2.24, 2.45) is 5.10 Å². The lowest BCUT2D eigenvalue weighted by molar-refractivity contribution is -0.136. The van der Waals surface area contributed by atoms with Gasteiger partial charge in [-0.2, -0.15) is 5.10 Å². The Bertz CT molecular complexity index is 804. The number of hydrogen-bond acceptors (Lipinski definition) is 4. The second-order valence-corrected chi connectivity index (χ2v) is 6.29. The van der Waals surface area contributed by atoms with Crippen molar-refractivity contribution in [3.8, 4) is 0 Å². The summed E-state index contributed by atoms with van der Waals surface area (Å²) in [5.41, 5.74) is 6.82. The summed E-state index contributed by atoms with van der Waals surface area (Å²) in [6.45, 7) is 9.96. The maximum atomic E-state index is 12.0. The summed E-state index contributed by atoms with van der Waals surface area (Å²) in [6.07, 6.45) is 1.51. The minimum atomic E-state index is -0.815. The van der Waals surface area contributed by atoms with Gasteiger partial charge in [0.2, 0.25) is 0 Å². The highest BCUT2D eigenvalue weighted by atomic mass is 16.2. The summed E-state index contributed by atoms with van der Waals surface area (Å²) >= 11 is 0. The van der Waals surface area contributed by atoms with E-state index in [9.17, 15) is 9.59 Å². The van der Waals surface area contributed by atoms with Gasteiger partial charge in [0.1, 0.15) is 0 Å². The van der Waals surface area contributed by atoms with Gasteiger partial charge in [-0.1, -0.05) is 18.2 Å². The molecular formula is C21H26N4O2. The predicted octanol–water partition coefficient (Wildman–Crippen LogP) is 3.24. The Morgan fingerprint density at radius 2 is 1.56 bits per heavy atom. The van der Waals surface area contributed by atoms with E-state index in [2.05, 4.69) is 34.6 Å². The third kappa shape index (κ3) is 5.95. The van der Waals surface area contributed by atoms with E-state index < -0.39 is 11.8 Å². The molecule has 0 saturated carbocycles. The van der Waals surface area contributed by atoms with E-state index >= 15 is 0 Å². The van der Waals surface area contributed by atoms with Crippen molar-refractivity contribution < 1.29 is 9.59 Å². The third-order valence-electron chi connectivity index (χ3n) is 4.09. The molecule has 0 aliphatic rings. The molecule has 0 aliphatic heterocycles. The van der Waals surface area contributed by atoms with E-state index in [0.29, 0.717) is 5.69 Å². The molecule has 2 rings (SSSR count). The Morgan fingerprint density at radius 1 is 0.963 bits per heavy atom. The van der Waals surface area contributed by atoms with Gasteiger partial charge in [-0.25, -0.2) is 5.43 Å². The van der Waals surface area contributed by atoms with Crippen LogP contribution in [-0.4, -0.2) is 31.1 Å². The summed E-state index contributed by atoms with van der Waals surface area (Å²) in [7, 11) is 0. The van der Waals surface area contributed by atoms with Crippen LogP contribution in [0.1, 0.15) is 30.5 Å². The first kappa shape index (κ1) is 20.2. The number of hydrogen-bond donors (Lipinski definition) is 2. The molecule has 6 nitrogen and oxygen atoms in total. The van der Waals surface area contributed by atoms with Crippen LogP contribution in [0.2, 0.25) is 0 Å². The Morgan fingerprint density at radius 3 is 2.11 bits per heavy atom. The van der Waals surface area contributed by atoms with Crippen LogP contribution >= 0.6 is 0 Å². The maximum Gasteiger partial charge on any atom is 0.329 e. The first-order valence-corrected chi connectivity index (χ1v) is 9.00. The molecule has 0 aliphatic carbocycles. The van der Waals surface area contributed by atoms with Crippen molar-refractivity contribution in [3.63, 3.8) is 0 Å². The minimum absolute atomic E-state index is 0.587. The lowest BCUT2D eigenvalue weighted by Crippen LogP contribution is -2.32. The van der Waals surface area contributed by atoms with Gasteiger partial charge in [0.25, 0.3) is 0 Å². The smallest absolute Gasteiger partial charge is 0.329 e. The molecule has 6 heteroatoms. The molecule has 0 heterocycles. The number of hydrazone groups is 1. The Hall–Kier alpha value is -3.15. The van der Waals surface area contributed by atoms with Gasteiger partial charge in [-0.15, -0.1) is 0 Å². The largest absolute Gasteiger partial charge is 0.372 e. The summed E-state index contributed by atoms with van der Waals surface area (Å²) in [6, 6.07) is 13.4. The molecule has 27 heavy (non-hydrogen) atoms. The summed E-state index contributed by atoms with van der Waals surface area (Å²) in [4.78, 5) is 26.1. The maximum absolute atomic E-state index is 12.0. The second kappa shape index (κ2) is 9.52. The van der Waals surface area contributed by atoms with Crippen LogP contribution in [0, 0.1) is 13.8 Å². The lowest BCUT2D eigenvalue weighted by atomic mass is 10.1. The molecule has 0 atom stereocenters. The molecule has 2 amide bonds. The molecule has 2 aromatic rings. The first-order valence-electron chi connectivity index (χ1n) is 9.00. The van der Waals surface area contributed by atoms with Crippen LogP contribution < -0.4 is 15.6 Å². The van der Waals surface area contributed by atoms with Crippen molar-refractivity contribution in [1.29, 1.82) is 0 Å². The Balaban J connectivity index is 1.91. The number of aryl methyl sites for hydroxylation is 2. The number of nitrogens with one attached hydrogen (secondary N) is 2. The Labute approximate surface area is 160 Å². The highest BCUT2D eigenvalue weighted by Crippen LogP contribution is 2.14. The van der Waals surface area contributed by atoms with E-state index in [1.807, 2.05) is 44.2 Å². The first-order chi connectivity index (χ1) is 12.9. The summed E-state index contributed by atoms with van der Waals surface area (Å²) < 4.78 is 0. The molecule has 0 fully saturated rings. The minimum Gasteiger partial charge on any atom is -0.372 e. The van der Waals surface area contributed by atoms with Gasteiger partial charge >= 0.3 is 11.8 Å². The molecule has 2 N–H and O–H groups in total. The zero-order valence-corrected chi connectivity index (χ0v) is 16.2. The van der Waals surface area contributed by atoms with Crippen molar-refractivity contribution in [1.82, 2.24) is 5.43 Å². The van der Waals surface area contributed by atoms with Crippen LogP contribution in [0.25, 0.3) is 0 Å². The number of benzene rings is 2. The average Bonchev–Trinajstić information content (AvgIpc) is 2.63. The molecule has 0 aromatic heterocycles. The summed E-state index contributed by atoms with van der Waals surface area (Å²) in [5.74, 6) is -1.57. The molecule has 2 aromatic carbocycles. The third-order valence-corrected chi connectivity index (χ3v) is 4.09. The molecule has 0 unspecified atom stereocenters. The molecule has 0 spiro atoms. The fourth-order valence-electron chi connectivity index (χ4n) is 2.81. The van der Waals surface area contributed by atoms with Crippen molar-refractivity contribution >= 4 is 29.4 Å². The van der Waals surface area contributed by atoms with E-state index in [1.165, 1.54) is 6.21 Å². The highest BCUT2D eigenvalue weighted by molar-refractivity contribution is 6.39. The molecule has 0 radical (unpaired) electrons. The Kier molecular flexibility index (Phi) is 7.11. The van der Waals surface area contributed by atoms with Crippen LogP contribution in [0.15, 0.2) is 47.6 Å². The molecule has 142 valence electrons. The van der Waals surface area contributed by atoms with Crippen LogP contribution in [0.5, 0.6) is 0 Å². The number of carbonyl (C=O) groups is 2. The quantitative estimate of drug-likeness (QED) is 0.468. The van der Waals surface area contributed by atoms with Gasteiger partial charge in [-0.05, 0) is 68.7 Å². The van der Waals surface area contributed by atoms with E-state index in [0.717, 1.165) is 35.5 Å². The van der Waals surface area contributed by atoms with Gasteiger partial charge in [-0.3, -0.25) is 9.59 Å². The molecule has 0 saturated heterocycles. The van der Waals surface area contributed by atoms with Crippen molar-refractivity contribution in [2.75, 3.05) is 23.3 Å². The normalized spacial score (nSPS) is 10.7. The average molecular weight is 366 g/mol. The SMILES string of the molecule is CCN(CC)c1ccc(/C=N/NC(=O)C(=O)Nc2cc(C)cc(C)c2)cc1. The van der Waals surface area contributed by atoms with E-state index in [1.54, 1.807) is 12.1 Å². The number of rotatable bonds is 6. The van der Waals surface area contributed by atoms with E-state index in [4.69, 9.17) is 0 Å². The van der Waals surface area contributed by atoms with Crippen molar-refractivity contribution in [2.45, 2.75) is 27.7 Å². The van der Waals surface area contributed by atoms with Crippen LogP contribution in [0.4, 0.5) is 11.4 Å². The highest BCUT2D eigenvalue weighted by Gasteiger charge is 2.13. The number of anilines is 2.